The number of aryl methyl sites for hydroxylation is 1. The molecule has 7 heteroatoms. The highest BCUT2D eigenvalue weighted by molar-refractivity contribution is 7.22. The van der Waals surface area contributed by atoms with E-state index in [4.69, 9.17) is 9.72 Å². The maximum absolute atomic E-state index is 13.3. The van der Waals surface area contributed by atoms with Crippen molar-refractivity contribution < 1.29 is 9.53 Å². The fraction of sp³-hybridized carbons (Fsp3) is 0.364. The molecule has 1 aromatic heterocycles. The zero-order valence-corrected chi connectivity index (χ0v) is 19.0. The minimum atomic E-state index is -0.0144. The Kier molecular flexibility index (Phi) is 8.44. The Morgan fingerprint density at radius 2 is 1.90 bits per heavy atom. The van der Waals surface area contributed by atoms with E-state index >= 15 is 0 Å². The van der Waals surface area contributed by atoms with Crippen LogP contribution in [0.3, 0.4) is 0 Å². The average molecular weight is 434 g/mol. The molecule has 29 heavy (non-hydrogen) atoms. The third-order valence-corrected chi connectivity index (χ3v) is 5.44. The largest absolute Gasteiger partial charge is 0.492 e. The van der Waals surface area contributed by atoms with Gasteiger partial charge in [-0.05, 0) is 65.2 Å². The van der Waals surface area contributed by atoms with Gasteiger partial charge in [0.25, 0.3) is 5.91 Å². The highest BCUT2D eigenvalue weighted by Crippen LogP contribution is 2.35. The molecular formula is C22H28ClN3O2S. The van der Waals surface area contributed by atoms with E-state index in [0.29, 0.717) is 23.8 Å². The molecule has 0 fully saturated rings. The molecule has 1 heterocycles. The second kappa shape index (κ2) is 10.6. The number of aromatic nitrogens is 1. The minimum Gasteiger partial charge on any atom is -0.492 e. The molecule has 0 spiro atoms. The van der Waals surface area contributed by atoms with Gasteiger partial charge in [-0.1, -0.05) is 35.1 Å². The summed E-state index contributed by atoms with van der Waals surface area (Å²) in [5.41, 5.74) is 2.58. The van der Waals surface area contributed by atoms with E-state index in [2.05, 4.69) is 4.90 Å². The molecule has 0 saturated carbocycles. The van der Waals surface area contributed by atoms with Crippen LogP contribution in [-0.2, 0) is 0 Å². The van der Waals surface area contributed by atoms with Crippen LogP contribution in [0.15, 0.2) is 42.5 Å². The number of para-hydroxylation sites is 1. The van der Waals surface area contributed by atoms with Crippen LogP contribution in [0.4, 0.5) is 5.13 Å². The Labute approximate surface area is 182 Å². The van der Waals surface area contributed by atoms with Gasteiger partial charge in [-0.25, -0.2) is 4.98 Å². The van der Waals surface area contributed by atoms with Gasteiger partial charge in [-0.2, -0.15) is 0 Å². The van der Waals surface area contributed by atoms with Crippen molar-refractivity contribution in [3.8, 4) is 5.75 Å². The molecule has 0 aliphatic carbocycles. The number of carbonyl (C=O) groups is 1. The third kappa shape index (κ3) is 5.69. The van der Waals surface area contributed by atoms with E-state index in [1.807, 2.05) is 70.4 Å². The van der Waals surface area contributed by atoms with Gasteiger partial charge in [0, 0.05) is 12.1 Å². The average Bonchev–Trinajstić information content (AvgIpc) is 3.09. The van der Waals surface area contributed by atoms with Gasteiger partial charge in [0.2, 0.25) is 0 Å². The summed E-state index contributed by atoms with van der Waals surface area (Å²) in [5.74, 6) is 0.748. The van der Waals surface area contributed by atoms with E-state index in [0.717, 1.165) is 34.5 Å². The molecule has 156 valence electrons. The predicted octanol–water partition coefficient (Wildman–Crippen LogP) is 5.02. The van der Waals surface area contributed by atoms with Crippen LogP contribution >= 0.6 is 23.7 Å². The summed E-state index contributed by atoms with van der Waals surface area (Å²) >= 11 is 1.53. The van der Waals surface area contributed by atoms with Crippen molar-refractivity contribution in [3.63, 3.8) is 0 Å². The van der Waals surface area contributed by atoms with Gasteiger partial charge in [-0.15, -0.1) is 12.4 Å². The number of ether oxygens (including phenoxy) is 1. The van der Waals surface area contributed by atoms with Gasteiger partial charge in [0.05, 0.1) is 11.3 Å². The van der Waals surface area contributed by atoms with Crippen molar-refractivity contribution in [1.82, 2.24) is 9.88 Å². The number of rotatable bonds is 8. The van der Waals surface area contributed by atoms with Gasteiger partial charge in [-0.3, -0.25) is 9.69 Å². The van der Waals surface area contributed by atoms with Crippen molar-refractivity contribution in [1.29, 1.82) is 0 Å². The molecule has 0 unspecified atom stereocenters. The summed E-state index contributed by atoms with van der Waals surface area (Å²) in [4.78, 5) is 22.0. The Bertz CT molecular complexity index is 958. The van der Waals surface area contributed by atoms with Crippen LogP contribution in [0.1, 0.15) is 29.3 Å². The van der Waals surface area contributed by atoms with Crippen LogP contribution < -0.4 is 9.64 Å². The SMILES string of the molecule is CCOc1cccc2sc(N(CCCN(C)C)C(=O)c3cccc(C)c3)nc12.Cl. The van der Waals surface area contributed by atoms with Gasteiger partial charge < -0.3 is 9.64 Å². The summed E-state index contributed by atoms with van der Waals surface area (Å²) in [6.07, 6.45) is 0.874. The highest BCUT2D eigenvalue weighted by atomic mass is 35.5. The van der Waals surface area contributed by atoms with E-state index in [1.165, 1.54) is 11.3 Å². The molecule has 0 atom stereocenters. The number of amides is 1. The summed E-state index contributed by atoms with van der Waals surface area (Å²) in [6, 6.07) is 13.6. The second-order valence-corrected chi connectivity index (χ2v) is 8.02. The van der Waals surface area contributed by atoms with E-state index in [1.54, 1.807) is 4.90 Å². The van der Waals surface area contributed by atoms with Crippen molar-refractivity contribution in [2.45, 2.75) is 20.3 Å². The Morgan fingerprint density at radius 3 is 2.59 bits per heavy atom. The molecule has 2 aromatic carbocycles. The number of thiazole rings is 1. The fourth-order valence-electron chi connectivity index (χ4n) is 3.06. The first kappa shape index (κ1) is 23.1. The monoisotopic (exact) mass is 433 g/mol. The Balaban J connectivity index is 0.00000300. The first-order valence-electron chi connectivity index (χ1n) is 9.55. The van der Waals surface area contributed by atoms with Crippen molar-refractivity contribution in [2.24, 2.45) is 0 Å². The topological polar surface area (TPSA) is 45.7 Å². The van der Waals surface area contributed by atoms with Gasteiger partial charge >= 0.3 is 0 Å². The second-order valence-electron chi connectivity index (χ2n) is 7.02. The quantitative estimate of drug-likeness (QED) is 0.500. The van der Waals surface area contributed by atoms with Gasteiger partial charge in [0.1, 0.15) is 11.3 Å². The molecule has 0 saturated heterocycles. The lowest BCUT2D eigenvalue weighted by Gasteiger charge is -2.21. The molecule has 0 N–H and O–H groups in total. The Hall–Kier alpha value is -2.15. The molecule has 0 aliphatic rings. The Morgan fingerprint density at radius 1 is 1.14 bits per heavy atom. The van der Waals surface area contributed by atoms with Crippen molar-refractivity contribution >= 4 is 45.0 Å². The van der Waals surface area contributed by atoms with E-state index in [9.17, 15) is 4.79 Å². The van der Waals surface area contributed by atoms with Crippen LogP contribution in [0.2, 0.25) is 0 Å². The molecule has 0 aliphatic heterocycles. The standard InChI is InChI=1S/C22H27N3O2S.ClH/c1-5-27-18-11-7-12-19-20(18)23-22(28-19)25(14-8-13-24(3)4)21(26)17-10-6-9-16(2)15-17;/h6-7,9-12,15H,5,8,13-14H2,1-4H3;1H. The number of hydrogen-bond acceptors (Lipinski definition) is 5. The normalized spacial score (nSPS) is 10.8. The predicted molar refractivity (Wildman–Crippen MR) is 124 cm³/mol. The summed E-state index contributed by atoms with van der Waals surface area (Å²) in [6.45, 7) is 6.07. The van der Waals surface area contributed by atoms with E-state index < -0.39 is 0 Å². The van der Waals surface area contributed by atoms with E-state index in [-0.39, 0.29) is 18.3 Å². The molecular weight excluding hydrogens is 406 g/mol. The van der Waals surface area contributed by atoms with Crippen LogP contribution in [0, 0.1) is 6.92 Å². The molecule has 5 nitrogen and oxygen atoms in total. The fourth-order valence-corrected chi connectivity index (χ4v) is 4.07. The summed E-state index contributed by atoms with van der Waals surface area (Å²) < 4.78 is 6.74. The minimum absolute atomic E-state index is 0. The van der Waals surface area contributed by atoms with Crippen molar-refractivity contribution in [3.05, 3.63) is 53.6 Å². The molecule has 3 rings (SSSR count). The number of nitrogens with zero attached hydrogens (tertiary/aromatic N) is 3. The lowest BCUT2D eigenvalue weighted by atomic mass is 10.1. The maximum Gasteiger partial charge on any atom is 0.260 e. The van der Waals surface area contributed by atoms with Crippen LogP contribution in [0.25, 0.3) is 10.2 Å². The number of fused-ring (bicyclic) bond motifs is 1. The van der Waals surface area contributed by atoms with Crippen LogP contribution in [-0.4, -0.2) is 49.6 Å². The zero-order chi connectivity index (χ0) is 20.1. The van der Waals surface area contributed by atoms with Crippen LogP contribution in [0.5, 0.6) is 5.75 Å². The number of carbonyl (C=O) groups excluding carboxylic acids is 1. The molecule has 3 aromatic rings. The maximum atomic E-state index is 13.3. The first-order valence-corrected chi connectivity index (χ1v) is 10.4. The van der Waals surface area contributed by atoms with Crippen molar-refractivity contribution in [2.75, 3.05) is 38.7 Å². The first-order chi connectivity index (χ1) is 13.5. The number of anilines is 1. The van der Waals surface area contributed by atoms with Gasteiger partial charge in [0.15, 0.2) is 5.13 Å². The number of benzene rings is 2. The number of hydrogen-bond donors (Lipinski definition) is 0. The lowest BCUT2D eigenvalue weighted by Crippen LogP contribution is -2.33. The number of halogens is 1. The molecule has 1 amide bonds. The molecule has 0 bridgehead atoms. The smallest absolute Gasteiger partial charge is 0.260 e. The third-order valence-electron chi connectivity index (χ3n) is 4.40. The summed E-state index contributed by atoms with van der Waals surface area (Å²) in [5, 5.41) is 0.715. The highest BCUT2D eigenvalue weighted by Gasteiger charge is 2.22. The zero-order valence-electron chi connectivity index (χ0n) is 17.3. The molecule has 0 radical (unpaired) electrons. The lowest BCUT2D eigenvalue weighted by molar-refractivity contribution is 0.0986. The summed E-state index contributed by atoms with van der Waals surface area (Å²) in [7, 11) is 4.08.